The van der Waals surface area contributed by atoms with Crippen molar-refractivity contribution in [3.05, 3.63) is 74.8 Å². The highest BCUT2D eigenvalue weighted by Gasteiger charge is 2.33. The van der Waals surface area contributed by atoms with Gasteiger partial charge in [0.1, 0.15) is 0 Å². The molecule has 5 nitrogen and oxygen atoms in total. The standard InChI is InChI=1S/C18H20ClN3O2.ClH/c19-16-7-6-14(18(8-16)22(23)24)10-21-11-15(9-20)17(12-21)13-4-2-1-3-5-13;/h1-8,15,17H,9-12,20H2;1H/t15-,17+;/m1./s1. The molecule has 1 aliphatic rings. The Labute approximate surface area is 158 Å². The Bertz CT molecular complexity index is 728. The summed E-state index contributed by atoms with van der Waals surface area (Å²) in [5.41, 5.74) is 8.01. The van der Waals surface area contributed by atoms with Crippen LogP contribution < -0.4 is 5.73 Å². The molecule has 0 unspecified atom stereocenters. The summed E-state index contributed by atoms with van der Waals surface area (Å²) in [5.74, 6) is 0.723. The van der Waals surface area contributed by atoms with Gasteiger partial charge in [-0.3, -0.25) is 15.0 Å². The van der Waals surface area contributed by atoms with Crippen molar-refractivity contribution in [1.82, 2.24) is 4.90 Å². The number of nitrogens with zero attached hydrogens (tertiary/aromatic N) is 2. The summed E-state index contributed by atoms with van der Waals surface area (Å²) in [6, 6.07) is 15.2. The Morgan fingerprint density at radius 1 is 1.20 bits per heavy atom. The number of nitro groups is 1. The van der Waals surface area contributed by atoms with Crippen LogP contribution in [0.1, 0.15) is 17.0 Å². The van der Waals surface area contributed by atoms with E-state index in [0.29, 0.717) is 35.5 Å². The van der Waals surface area contributed by atoms with Gasteiger partial charge >= 0.3 is 0 Å². The molecule has 0 aromatic heterocycles. The quantitative estimate of drug-likeness (QED) is 0.630. The highest BCUT2D eigenvalue weighted by atomic mass is 35.5. The van der Waals surface area contributed by atoms with Crippen LogP contribution in [0.15, 0.2) is 48.5 Å². The molecular formula is C18H21Cl2N3O2. The molecule has 1 saturated heterocycles. The molecule has 0 radical (unpaired) electrons. The van der Waals surface area contributed by atoms with Gasteiger partial charge in [0.15, 0.2) is 0 Å². The van der Waals surface area contributed by atoms with E-state index in [4.69, 9.17) is 17.3 Å². The summed E-state index contributed by atoms with van der Waals surface area (Å²) in [5, 5.41) is 11.6. The van der Waals surface area contributed by atoms with Crippen molar-refractivity contribution < 1.29 is 4.92 Å². The second-order valence-corrected chi connectivity index (χ2v) is 6.67. The van der Waals surface area contributed by atoms with Crippen LogP contribution in [-0.4, -0.2) is 29.5 Å². The molecular weight excluding hydrogens is 361 g/mol. The van der Waals surface area contributed by atoms with E-state index < -0.39 is 0 Å². The molecule has 3 rings (SSSR count). The molecule has 2 N–H and O–H groups in total. The molecule has 7 heteroatoms. The van der Waals surface area contributed by atoms with E-state index in [-0.39, 0.29) is 23.0 Å². The van der Waals surface area contributed by atoms with E-state index in [2.05, 4.69) is 17.0 Å². The smallest absolute Gasteiger partial charge is 0.275 e. The molecule has 134 valence electrons. The Kier molecular flexibility index (Phi) is 6.79. The zero-order valence-electron chi connectivity index (χ0n) is 13.7. The molecule has 2 aromatic rings. The maximum Gasteiger partial charge on any atom is 0.275 e. The van der Waals surface area contributed by atoms with Crippen molar-refractivity contribution in [3.8, 4) is 0 Å². The topological polar surface area (TPSA) is 72.4 Å². The zero-order chi connectivity index (χ0) is 17.1. The average molecular weight is 382 g/mol. The first kappa shape index (κ1) is 19.7. The molecule has 2 aromatic carbocycles. The van der Waals surface area contributed by atoms with E-state index in [9.17, 15) is 10.1 Å². The number of hydrogen-bond donors (Lipinski definition) is 1. The summed E-state index contributed by atoms with van der Waals surface area (Å²) in [6.07, 6.45) is 0. The van der Waals surface area contributed by atoms with Gasteiger partial charge in [-0.25, -0.2) is 0 Å². The number of benzene rings is 2. The zero-order valence-corrected chi connectivity index (χ0v) is 15.2. The Balaban J connectivity index is 0.00000225. The van der Waals surface area contributed by atoms with E-state index in [1.807, 2.05) is 18.2 Å². The van der Waals surface area contributed by atoms with Crippen LogP contribution in [0.25, 0.3) is 0 Å². The fourth-order valence-electron chi connectivity index (χ4n) is 3.49. The van der Waals surface area contributed by atoms with Crippen molar-refractivity contribution >= 4 is 29.7 Å². The van der Waals surface area contributed by atoms with Crippen LogP contribution in [0.4, 0.5) is 5.69 Å². The third-order valence-corrected chi connectivity index (χ3v) is 4.92. The molecule has 0 aliphatic carbocycles. The molecule has 1 fully saturated rings. The molecule has 0 bridgehead atoms. The number of hydrogen-bond acceptors (Lipinski definition) is 4. The lowest BCUT2D eigenvalue weighted by molar-refractivity contribution is -0.385. The summed E-state index contributed by atoms with van der Waals surface area (Å²) in [7, 11) is 0. The highest BCUT2D eigenvalue weighted by Crippen LogP contribution is 2.34. The van der Waals surface area contributed by atoms with Crippen LogP contribution >= 0.6 is 24.0 Å². The Hall–Kier alpha value is -1.66. The van der Waals surface area contributed by atoms with Crippen molar-refractivity contribution in [1.29, 1.82) is 0 Å². The van der Waals surface area contributed by atoms with Gasteiger partial charge in [-0.1, -0.05) is 41.9 Å². The minimum Gasteiger partial charge on any atom is -0.330 e. The lowest BCUT2D eigenvalue weighted by Crippen LogP contribution is -2.23. The van der Waals surface area contributed by atoms with Gasteiger partial charge in [-0.15, -0.1) is 12.4 Å². The molecule has 0 spiro atoms. The predicted molar refractivity (Wildman–Crippen MR) is 102 cm³/mol. The predicted octanol–water partition coefficient (Wildman–Crippen LogP) is 3.84. The summed E-state index contributed by atoms with van der Waals surface area (Å²) in [6.45, 7) is 2.84. The Morgan fingerprint density at radius 3 is 2.56 bits per heavy atom. The van der Waals surface area contributed by atoms with Gasteiger partial charge in [-0.2, -0.15) is 0 Å². The van der Waals surface area contributed by atoms with Crippen LogP contribution in [0, 0.1) is 16.0 Å². The van der Waals surface area contributed by atoms with E-state index in [1.165, 1.54) is 11.6 Å². The third kappa shape index (κ3) is 4.50. The number of rotatable bonds is 5. The van der Waals surface area contributed by atoms with Gasteiger partial charge in [0.2, 0.25) is 0 Å². The first-order valence-corrected chi connectivity index (χ1v) is 8.36. The maximum atomic E-state index is 11.3. The van der Waals surface area contributed by atoms with Gasteiger partial charge in [0, 0.05) is 42.2 Å². The van der Waals surface area contributed by atoms with Gasteiger partial charge in [0.25, 0.3) is 5.69 Å². The number of halogens is 2. The summed E-state index contributed by atoms with van der Waals surface area (Å²) < 4.78 is 0. The Morgan fingerprint density at radius 2 is 1.92 bits per heavy atom. The monoisotopic (exact) mass is 381 g/mol. The number of likely N-dealkylation sites (tertiary alicyclic amines) is 1. The molecule has 2 atom stereocenters. The van der Waals surface area contributed by atoms with Gasteiger partial charge < -0.3 is 5.73 Å². The lowest BCUT2D eigenvalue weighted by Gasteiger charge is -2.17. The van der Waals surface area contributed by atoms with Gasteiger partial charge in [-0.05, 0) is 30.2 Å². The minimum atomic E-state index is -0.369. The van der Waals surface area contributed by atoms with Crippen LogP contribution in [-0.2, 0) is 6.54 Å². The largest absolute Gasteiger partial charge is 0.330 e. The highest BCUT2D eigenvalue weighted by molar-refractivity contribution is 6.30. The molecule has 1 aliphatic heterocycles. The second-order valence-electron chi connectivity index (χ2n) is 6.24. The van der Waals surface area contributed by atoms with Crippen LogP contribution in [0.5, 0.6) is 0 Å². The molecule has 0 saturated carbocycles. The molecule has 0 amide bonds. The fraction of sp³-hybridized carbons (Fsp3) is 0.333. The summed E-state index contributed by atoms with van der Waals surface area (Å²) in [4.78, 5) is 13.1. The van der Waals surface area contributed by atoms with E-state index in [0.717, 1.165) is 13.1 Å². The normalized spacial score (nSPS) is 20.2. The average Bonchev–Trinajstić information content (AvgIpc) is 3.00. The van der Waals surface area contributed by atoms with Crippen molar-refractivity contribution in [2.45, 2.75) is 12.5 Å². The lowest BCUT2D eigenvalue weighted by atomic mass is 9.89. The maximum absolute atomic E-state index is 11.3. The number of nitrogens with two attached hydrogens (primary N) is 1. The first-order valence-electron chi connectivity index (χ1n) is 7.98. The van der Waals surface area contributed by atoms with Crippen molar-refractivity contribution in [3.63, 3.8) is 0 Å². The van der Waals surface area contributed by atoms with Crippen LogP contribution in [0.2, 0.25) is 5.02 Å². The van der Waals surface area contributed by atoms with Crippen LogP contribution in [0.3, 0.4) is 0 Å². The van der Waals surface area contributed by atoms with E-state index in [1.54, 1.807) is 12.1 Å². The minimum absolute atomic E-state index is 0. The molecule has 25 heavy (non-hydrogen) atoms. The van der Waals surface area contributed by atoms with Gasteiger partial charge in [0.05, 0.1) is 4.92 Å². The van der Waals surface area contributed by atoms with E-state index >= 15 is 0 Å². The number of nitro benzene ring substituents is 1. The first-order chi connectivity index (χ1) is 11.6. The molecule has 1 heterocycles. The SMILES string of the molecule is Cl.NC[C@@H]1CN(Cc2ccc(Cl)cc2[N+](=O)[O-])C[C@H]1c1ccccc1. The van der Waals surface area contributed by atoms with Crippen molar-refractivity contribution in [2.24, 2.45) is 11.7 Å². The van der Waals surface area contributed by atoms with Crippen molar-refractivity contribution in [2.75, 3.05) is 19.6 Å². The second kappa shape index (κ2) is 8.63. The third-order valence-electron chi connectivity index (χ3n) is 4.69. The fourth-order valence-corrected chi connectivity index (χ4v) is 3.65. The summed E-state index contributed by atoms with van der Waals surface area (Å²) >= 11 is 5.89.